The highest BCUT2D eigenvalue weighted by molar-refractivity contribution is 4.86. The molecule has 0 spiro atoms. The fourth-order valence-electron chi connectivity index (χ4n) is 4.14. The van der Waals surface area contributed by atoms with E-state index in [2.05, 4.69) is 26.1 Å². The van der Waals surface area contributed by atoms with Gasteiger partial charge in [-0.3, -0.25) is 0 Å². The van der Waals surface area contributed by atoms with E-state index in [4.69, 9.17) is 0 Å². The highest BCUT2D eigenvalue weighted by Crippen LogP contribution is 2.40. The number of rotatable bonds is 4. The Kier molecular flexibility index (Phi) is 5.30. The minimum Gasteiger partial charge on any atom is -0.392 e. The summed E-state index contributed by atoms with van der Waals surface area (Å²) in [6.45, 7) is 7.37. The minimum absolute atomic E-state index is 0.191. The maximum Gasteiger partial charge on any atom is 0.0669 e. The fraction of sp³-hybridized carbons (Fsp3) is 1.00. The van der Waals surface area contributed by atoms with Crippen LogP contribution in [-0.4, -0.2) is 23.8 Å². The van der Waals surface area contributed by atoms with Crippen LogP contribution in [0.4, 0.5) is 0 Å². The molecule has 0 saturated heterocycles. The lowest BCUT2D eigenvalue weighted by Crippen LogP contribution is -2.42. The van der Waals surface area contributed by atoms with Crippen LogP contribution in [0, 0.1) is 17.3 Å². The van der Waals surface area contributed by atoms with Crippen molar-refractivity contribution in [3.05, 3.63) is 0 Å². The standard InChI is InChI=1S/C17H33NO/c1-17(2,3)11-16(19)12-18-15-9-8-13-6-4-5-7-14(13)10-15/h13-16,18-19H,4-12H2,1-3H3. The number of hydrogen-bond acceptors (Lipinski definition) is 2. The molecule has 2 rings (SSSR count). The van der Waals surface area contributed by atoms with Gasteiger partial charge >= 0.3 is 0 Å². The third-order valence-electron chi connectivity index (χ3n) is 5.03. The highest BCUT2D eigenvalue weighted by Gasteiger charge is 2.32. The second-order valence-corrected chi connectivity index (χ2v) is 8.14. The molecule has 2 nitrogen and oxygen atoms in total. The molecular weight excluding hydrogens is 234 g/mol. The number of fused-ring (bicyclic) bond motifs is 1. The molecule has 4 unspecified atom stereocenters. The van der Waals surface area contributed by atoms with Gasteiger partial charge in [0.05, 0.1) is 6.10 Å². The van der Waals surface area contributed by atoms with Gasteiger partial charge in [-0.1, -0.05) is 46.5 Å². The largest absolute Gasteiger partial charge is 0.392 e. The molecular formula is C17H33NO. The molecule has 4 atom stereocenters. The second kappa shape index (κ2) is 6.58. The number of aliphatic hydroxyl groups excluding tert-OH is 1. The normalized spacial score (nSPS) is 33.8. The first-order chi connectivity index (χ1) is 8.94. The van der Waals surface area contributed by atoms with Crippen LogP contribution in [0.15, 0.2) is 0 Å². The summed E-state index contributed by atoms with van der Waals surface area (Å²) in [6.07, 6.45) is 10.6. The van der Waals surface area contributed by atoms with E-state index in [0.717, 1.165) is 24.8 Å². The monoisotopic (exact) mass is 267 g/mol. The minimum atomic E-state index is -0.191. The van der Waals surface area contributed by atoms with Crippen LogP contribution in [0.1, 0.15) is 72.1 Å². The van der Waals surface area contributed by atoms with Gasteiger partial charge in [-0.05, 0) is 42.9 Å². The van der Waals surface area contributed by atoms with Crippen LogP contribution < -0.4 is 5.32 Å². The topological polar surface area (TPSA) is 32.3 Å². The summed E-state index contributed by atoms with van der Waals surface area (Å²) < 4.78 is 0. The van der Waals surface area contributed by atoms with Gasteiger partial charge in [0, 0.05) is 12.6 Å². The lowest BCUT2D eigenvalue weighted by Gasteiger charge is -2.40. The van der Waals surface area contributed by atoms with E-state index < -0.39 is 0 Å². The second-order valence-electron chi connectivity index (χ2n) is 8.14. The quantitative estimate of drug-likeness (QED) is 0.813. The van der Waals surface area contributed by atoms with Crippen molar-refractivity contribution in [1.82, 2.24) is 5.32 Å². The van der Waals surface area contributed by atoms with E-state index in [1.807, 2.05) is 0 Å². The third-order valence-corrected chi connectivity index (χ3v) is 5.03. The molecule has 0 amide bonds. The number of aliphatic hydroxyl groups is 1. The Labute approximate surface area is 119 Å². The van der Waals surface area contributed by atoms with E-state index in [-0.39, 0.29) is 11.5 Å². The summed E-state index contributed by atoms with van der Waals surface area (Å²) in [5.41, 5.74) is 0.224. The number of nitrogens with one attached hydrogen (secondary N) is 1. The Balaban J connectivity index is 1.69. The van der Waals surface area contributed by atoms with E-state index in [9.17, 15) is 5.11 Å². The molecule has 2 saturated carbocycles. The summed E-state index contributed by atoms with van der Waals surface area (Å²) in [5, 5.41) is 13.7. The average molecular weight is 267 g/mol. The Morgan fingerprint density at radius 2 is 1.74 bits per heavy atom. The van der Waals surface area contributed by atoms with Crippen molar-refractivity contribution in [2.45, 2.75) is 84.3 Å². The predicted molar refractivity (Wildman–Crippen MR) is 81.2 cm³/mol. The zero-order chi connectivity index (χ0) is 13.9. The maximum atomic E-state index is 10.1. The van der Waals surface area contributed by atoms with E-state index in [1.54, 1.807) is 0 Å². The maximum absolute atomic E-state index is 10.1. The molecule has 0 heterocycles. The predicted octanol–water partition coefficient (Wildman–Crippen LogP) is 3.73. The molecule has 2 N–H and O–H groups in total. The van der Waals surface area contributed by atoms with Crippen LogP contribution >= 0.6 is 0 Å². The van der Waals surface area contributed by atoms with Gasteiger partial charge in [0.25, 0.3) is 0 Å². The van der Waals surface area contributed by atoms with Crippen molar-refractivity contribution < 1.29 is 5.11 Å². The SMILES string of the molecule is CC(C)(C)CC(O)CNC1CCC2CCCCC2C1. The molecule has 0 aliphatic heterocycles. The van der Waals surface area contributed by atoms with Gasteiger partial charge < -0.3 is 10.4 Å². The van der Waals surface area contributed by atoms with Gasteiger partial charge in [-0.25, -0.2) is 0 Å². The summed E-state index contributed by atoms with van der Waals surface area (Å²) >= 11 is 0. The van der Waals surface area contributed by atoms with Crippen LogP contribution in [0.2, 0.25) is 0 Å². The fourth-order valence-corrected chi connectivity index (χ4v) is 4.14. The molecule has 19 heavy (non-hydrogen) atoms. The molecule has 112 valence electrons. The first-order valence-corrected chi connectivity index (χ1v) is 8.35. The Morgan fingerprint density at radius 1 is 1.05 bits per heavy atom. The van der Waals surface area contributed by atoms with Crippen molar-refractivity contribution in [3.63, 3.8) is 0 Å². The molecule has 0 radical (unpaired) electrons. The molecule has 0 aromatic heterocycles. The first-order valence-electron chi connectivity index (χ1n) is 8.35. The molecule has 2 fully saturated rings. The van der Waals surface area contributed by atoms with Gasteiger partial charge in [0.15, 0.2) is 0 Å². The smallest absolute Gasteiger partial charge is 0.0669 e. The van der Waals surface area contributed by atoms with Crippen LogP contribution in [0.5, 0.6) is 0 Å². The Bertz CT molecular complexity index is 271. The van der Waals surface area contributed by atoms with Crippen molar-refractivity contribution in [3.8, 4) is 0 Å². The van der Waals surface area contributed by atoms with Crippen LogP contribution in [0.25, 0.3) is 0 Å². The lowest BCUT2D eigenvalue weighted by molar-refractivity contribution is 0.101. The van der Waals surface area contributed by atoms with Crippen molar-refractivity contribution in [1.29, 1.82) is 0 Å². The Morgan fingerprint density at radius 3 is 2.42 bits per heavy atom. The molecule has 0 bridgehead atoms. The summed E-state index contributed by atoms with van der Waals surface area (Å²) in [4.78, 5) is 0. The average Bonchev–Trinajstić information content (AvgIpc) is 2.34. The van der Waals surface area contributed by atoms with Gasteiger partial charge in [0.2, 0.25) is 0 Å². The van der Waals surface area contributed by atoms with E-state index in [1.165, 1.54) is 44.9 Å². The van der Waals surface area contributed by atoms with Gasteiger partial charge in [-0.15, -0.1) is 0 Å². The summed E-state index contributed by atoms with van der Waals surface area (Å²) in [5.74, 6) is 1.99. The van der Waals surface area contributed by atoms with E-state index in [0.29, 0.717) is 6.04 Å². The molecule has 2 heteroatoms. The third kappa shape index (κ3) is 5.07. The zero-order valence-corrected chi connectivity index (χ0v) is 13.1. The molecule has 0 aromatic rings. The molecule has 2 aliphatic rings. The zero-order valence-electron chi connectivity index (χ0n) is 13.1. The van der Waals surface area contributed by atoms with Gasteiger partial charge in [-0.2, -0.15) is 0 Å². The summed E-state index contributed by atoms with van der Waals surface area (Å²) in [6, 6.07) is 0.661. The first kappa shape index (κ1) is 15.3. The van der Waals surface area contributed by atoms with Crippen molar-refractivity contribution >= 4 is 0 Å². The van der Waals surface area contributed by atoms with Gasteiger partial charge in [0.1, 0.15) is 0 Å². The lowest BCUT2D eigenvalue weighted by atomic mass is 9.69. The van der Waals surface area contributed by atoms with Crippen molar-refractivity contribution in [2.75, 3.05) is 6.54 Å². The van der Waals surface area contributed by atoms with E-state index >= 15 is 0 Å². The summed E-state index contributed by atoms with van der Waals surface area (Å²) in [7, 11) is 0. The van der Waals surface area contributed by atoms with Crippen LogP contribution in [0.3, 0.4) is 0 Å². The van der Waals surface area contributed by atoms with Crippen molar-refractivity contribution in [2.24, 2.45) is 17.3 Å². The van der Waals surface area contributed by atoms with Crippen LogP contribution in [-0.2, 0) is 0 Å². The number of hydrogen-bond donors (Lipinski definition) is 2. The Hall–Kier alpha value is -0.0800. The molecule has 0 aromatic carbocycles. The molecule has 2 aliphatic carbocycles. The highest BCUT2D eigenvalue weighted by atomic mass is 16.3.